The molecule has 0 radical (unpaired) electrons. The lowest BCUT2D eigenvalue weighted by molar-refractivity contribution is 0.207. The number of thiazole rings is 1. The highest BCUT2D eigenvalue weighted by Gasteiger charge is 2.17. The van der Waals surface area contributed by atoms with Crippen LogP contribution in [0.15, 0.2) is 10.9 Å². The molecule has 0 saturated heterocycles. The standard InChI is InChI=1S/C13H25N3S/c1-6-12(7-15-13(2,3)4)16(5)8-11-9-17-10-14-11/h9-10,12,15H,6-8H2,1-5H3. The molecule has 0 bridgehead atoms. The molecule has 0 fully saturated rings. The Labute approximate surface area is 109 Å². The van der Waals surface area contributed by atoms with E-state index in [9.17, 15) is 0 Å². The van der Waals surface area contributed by atoms with Crippen LogP contribution in [0, 0.1) is 0 Å². The number of nitrogens with one attached hydrogen (secondary N) is 1. The van der Waals surface area contributed by atoms with Gasteiger partial charge in [-0.1, -0.05) is 6.92 Å². The smallest absolute Gasteiger partial charge is 0.0795 e. The highest BCUT2D eigenvalue weighted by Crippen LogP contribution is 2.10. The lowest BCUT2D eigenvalue weighted by Gasteiger charge is -2.30. The van der Waals surface area contributed by atoms with E-state index in [0.717, 1.165) is 19.5 Å². The van der Waals surface area contributed by atoms with Gasteiger partial charge in [0.2, 0.25) is 0 Å². The van der Waals surface area contributed by atoms with Crippen molar-refractivity contribution in [3.63, 3.8) is 0 Å². The molecule has 0 aromatic carbocycles. The second-order valence-electron chi connectivity index (χ2n) is 5.59. The third kappa shape index (κ3) is 5.61. The zero-order valence-corrected chi connectivity index (χ0v) is 12.5. The Hall–Kier alpha value is -0.450. The zero-order chi connectivity index (χ0) is 12.9. The maximum Gasteiger partial charge on any atom is 0.0795 e. The Balaban J connectivity index is 2.43. The second kappa shape index (κ2) is 6.47. The predicted molar refractivity (Wildman–Crippen MR) is 75.4 cm³/mol. The zero-order valence-electron chi connectivity index (χ0n) is 11.7. The van der Waals surface area contributed by atoms with Crippen LogP contribution in [0.4, 0.5) is 0 Å². The lowest BCUT2D eigenvalue weighted by atomic mass is 10.1. The molecular weight excluding hydrogens is 230 g/mol. The fraction of sp³-hybridized carbons (Fsp3) is 0.769. The molecule has 3 nitrogen and oxygen atoms in total. The van der Waals surface area contributed by atoms with Crippen molar-refractivity contribution in [1.29, 1.82) is 0 Å². The van der Waals surface area contributed by atoms with Crippen molar-refractivity contribution in [2.24, 2.45) is 0 Å². The molecule has 1 heterocycles. The Morgan fingerprint density at radius 1 is 1.47 bits per heavy atom. The molecule has 0 aliphatic rings. The van der Waals surface area contributed by atoms with E-state index in [-0.39, 0.29) is 5.54 Å². The van der Waals surface area contributed by atoms with Crippen LogP contribution in [-0.4, -0.2) is 35.1 Å². The van der Waals surface area contributed by atoms with E-state index in [1.807, 2.05) is 5.51 Å². The molecule has 1 atom stereocenters. The van der Waals surface area contributed by atoms with Gasteiger partial charge in [0.25, 0.3) is 0 Å². The highest BCUT2D eigenvalue weighted by molar-refractivity contribution is 7.07. The van der Waals surface area contributed by atoms with Gasteiger partial charge < -0.3 is 5.32 Å². The van der Waals surface area contributed by atoms with Crippen LogP contribution in [0.25, 0.3) is 0 Å². The van der Waals surface area contributed by atoms with E-state index in [1.165, 1.54) is 5.69 Å². The van der Waals surface area contributed by atoms with Gasteiger partial charge in [-0.15, -0.1) is 11.3 Å². The largest absolute Gasteiger partial charge is 0.311 e. The van der Waals surface area contributed by atoms with Crippen LogP contribution in [0.5, 0.6) is 0 Å². The summed E-state index contributed by atoms with van der Waals surface area (Å²) in [6, 6.07) is 0.566. The maximum atomic E-state index is 4.34. The van der Waals surface area contributed by atoms with E-state index in [4.69, 9.17) is 0 Å². The van der Waals surface area contributed by atoms with E-state index >= 15 is 0 Å². The highest BCUT2D eigenvalue weighted by atomic mass is 32.1. The quantitative estimate of drug-likeness (QED) is 0.847. The van der Waals surface area contributed by atoms with Crippen LogP contribution in [0.1, 0.15) is 39.8 Å². The maximum absolute atomic E-state index is 4.34. The van der Waals surface area contributed by atoms with Crippen molar-refractivity contribution in [1.82, 2.24) is 15.2 Å². The molecule has 1 rings (SSSR count). The number of likely N-dealkylation sites (N-methyl/N-ethyl adjacent to an activating group) is 1. The molecule has 1 aromatic rings. The number of aromatic nitrogens is 1. The van der Waals surface area contributed by atoms with E-state index in [1.54, 1.807) is 11.3 Å². The Bertz CT molecular complexity index is 303. The van der Waals surface area contributed by atoms with Crippen molar-refractivity contribution in [3.8, 4) is 0 Å². The van der Waals surface area contributed by atoms with E-state index < -0.39 is 0 Å². The molecule has 0 aliphatic carbocycles. The third-order valence-electron chi connectivity index (χ3n) is 2.86. The average molecular weight is 255 g/mol. The summed E-state index contributed by atoms with van der Waals surface area (Å²) in [6.45, 7) is 10.8. The second-order valence-corrected chi connectivity index (χ2v) is 6.31. The van der Waals surface area contributed by atoms with Crippen LogP contribution < -0.4 is 5.32 Å². The number of rotatable bonds is 6. The summed E-state index contributed by atoms with van der Waals surface area (Å²) in [5.74, 6) is 0. The molecule has 1 aromatic heterocycles. The molecule has 1 N–H and O–H groups in total. The van der Waals surface area contributed by atoms with Gasteiger partial charge in [-0.25, -0.2) is 4.98 Å². The summed E-state index contributed by atoms with van der Waals surface area (Å²) >= 11 is 1.67. The molecule has 0 aliphatic heterocycles. The molecule has 1 unspecified atom stereocenters. The number of hydrogen-bond acceptors (Lipinski definition) is 4. The van der Waals surface area contributed by atoms with Crippen LogP contribution in [0.3, 0.4) is 0 Å². The predicted octanol–water partition coefficient (Wildman–Crippen LogP) is 2.74. The fourth-order valence-electron chi connectivity index (χ4n) is 1.74. The molecule has 98 valence electrons. The first-order valence-corrected chi connectivity index (χ1v) is 7.19. The molecule has 4 heteroatoms. The van der Waals surface area contributed by atoms with E-state index in [2.05, 4.69) is 55.3 Å². The van der Waals surface area contributed by atoms with Gasteiger partial charge in [0.05, 0.1) is 11.2 Å². The van der Waals surface area contributed by atoms with Crippen molar-refractivity contribution in [3.05, 3.63) is 16.6 Å². The van der Waals surface area contributed by atoms with Crippen molar-refractivity contribution >= 4 is 11.3 Å². The van der Waals surface area contributed by atoms with Crippen LogP contribution >= 0.6 is 11.3 Å². The van der Waals surface area contributed by atoms with Crippen LogP contribution in [0.2, 0.25) is 0 Å². The fourth-order valence-corrected chi connectivity index (χ4v) is 2.29. The van der Waals surface area contributed by atoms with Gasteiger partial charge in [-0.05, 0) is 34.2 Å². The van der Waals surface area contributed by atoms with Gasteiger partial charge in [-0.2, -0.15) is 0 Å². The molecule has 0 spiro atoms. The average Bonchev–Trinajstić information content (AvgIpc) is 2.69. The molecule has 0 amide bonds. The summed E-state index contributed by atoms with van der Waals surface area (Å²) in [6.07, 6.45) is 1.16. The topological polar surface area (TPSA) is 28.2 Å². The van der Waals surface area contributed by atoms with Gasteiger partial charge in [-0.3, -0.25) is 4.90 Å². The van der Waals surface area contributed by atoms with Gasteiger partial charge >= 0.3 is 0 Å². The van der Waals surface area contributed by atoms with Gasteiger partial charge in [0, 0.05) is 30.1 Å². The van der Waals surface area contributed by atoms with Crippen molar-refractivity contribution in [2.45, 2.75) is 52.2 Å². The third-order valence-corrected chi connectivity index (χ3v) is 3.49. The Kier molecular flexibility index (Phi) is 5.56. The van der Waals surface area contributed by atoms with Gasteiger partial charge in [0.1, 0.15) is 0 Å². The summed E-state index contributed by atoms with van der Waals surface area (Å²) < 4.78 is 0. The molecule has 17 heavy (non-hydrogen) atoms. The van der Waals surface area contributed by atoms with Crippen LogP contribution in [-0.2, 0) is 6.54 Å². The summed E-state index contributed by atoms with van der Waals surface area (Å²) in [5, 5.41) is 5.70. The first kappa shape index (κ1) is 14.6. The summed E-state index contributed by atoms with van der Waals surface area (Å²) in [4.78, 5) is 6.72. The monoisotopic (exact) mass is 255 g/mol. The first-order chi connectivity index (χ1) is 7.92. The molecule has 0 saturated carbocycles. The van der Waals surface area contributed by atoms with Gasteiger partial charge in [0.15, 0.2) is 0 Å². The lowest BCUT2D eigenvalue weighted by Crippen LogP contribution is -2.46. The molecular formula is C13H25N3S. The minimum Gasteiger partial charge on any atom is -0.311 e. The van der Waals surface area contributed by atoms with E-state index in [0.29, 0.717) is 6.04 Å². The Morgan fingerprint density at radius 2 is 2.18 bits per heavy atom. The SMILES string of the molecule is CCC(CNC(C)(C)C)N(C)Cc1cscn1. The Morgan fingerprint density at radius 3 is 2.65 bits per heavy atom. The summed E-state index contributed by atoms with van der Waals surface area (Å²) in [7, 11) is 2.18. The van der Waals surface area contributed by atoms with Crippen molar-refractivity contribution in [2.75, 3.05) is 13.6 Å². The van der Waals surface area contributed by atoms with Crippen molar-refractivity contribution < 1.29 is 0 Å². The first-order valence-electron chi connectivity index (χ1n) is 6.24. The minimum absolute atomic E-state index is 0.189. The number of nitrogens with zero attached hydrogens (tertiary/aromatic N) is 2. The minimum atomic E-state index is 0.189. The summed E-state index contributed by atoms with van der Waals surface area (Å²) in [5.41, 5.74) is 3.26. The number of hydrogen-bond donors (Lipinski definition) is 1. The normalized spacial score (nSPS) is 14.2.